The Morgan fingerprint density at radius 3 is 2.60 bits per heavy atom. The summed E-state index contributed by atoms with van der Waals surface area (Å²) in [5.74, 6) is 0.523. The summed E-state index contributed by atoms with van der Waals surface area (Å²) in [7, 11) is 0. The molecule has 0 saturated carbocycles. The van der Waals surface area contributed by atoms with Gasteiger partial charge in [-0.3, -0.25) is 9.78 Å². The SMILES string of the molecule is Cc1ccc(Nc2ccc(C(=O)NCc3ccncc3)cn2)cc1Br. The predicted octanol–water partition coefficient (Wildman–Crippen LogP) is 4.22. The fourth-order valence-corrected chi connectivity index (χ4v) is 2.58. The summed E-state index contributed by atoms with van der Waals surface area (Å²) in [6.45, 7) is 2.49. The minimum Gasteiger partial charge on any atom is -0.348 e. The summed E-state index contributed by atoms with van der Waals surface area (Å²) >= 11 is 3.51. The van der Waals surface area contributed by atoms with E-state index < -0.39 is 0 Å². The van der Waals surface area contributed by atoms with Gasteiger partial charge in [-0.05, 0) is 54.4 Å². The highest BCUT2D eigenvalue weighted by molar-refractivity contribution is 9.10. The van der Waals surface area contributed by atoms with E-state index >= 15 is 0 Å². The third-order valence-corrected chi connectivity index (χ3v) is 4.53. The van der Waals surface area contributed by atoms with Crippen LogP contribution in [0.15, 0.2) is 65.5 Å². The van der Waals surface area contributed by atoms with E-state index in [0.717, 1.165) is 15.7 Å². The fourth-order valence-electron chi connectivity index (χ4n) is 2.21. The number of hydrogen-bond acceptors (Lipinski definition) is 4. The zero-order valence-corrected chi connectivity index (χ0v) is 15.2. The summed E-state index contributed by atoms with van der Waals surface area (Å²) in [6.07, 6.45) is 4.97. The number of anilines is 2. The highest BCUT2D eigenvalue weighted by Crippen LogP contribution is 2.22. The zero-order valence-electron chi connectivity index (χ0n) is 13.7. The molecular weight excluding hydrogens is 380 g/mol. The van der Waals surface area contributed by atoms with Crippen LogP contribution in [-0.2, 0) is 6.54 Å². The molecule has 5 nitrogen and oxygen atoms in total. The molecule has 3 aromatic rings. The molecule has 0 radical (unpaired) electrons. The van der Waals surface area contributed by atoms with Crippen LogP contribution in [0.3, 0.4) is 0 Å². The van der Waals surface area contributed by atoms with Crippen LogP contribution in [-0.4, -0.2) is 15.9 Å². The quantitative estimate of drug-likeness (QED) is 0.677. The Kier molecular flexibility index (Phi) is 5.40. The van der Waals surface area contributed by atoms with Crippen LogP contribution in [0.1, 0.15) is 21.5 Å². The van der Waals surface area contributed by atoms with Crippen molar-refractivity contribution in [1.82, 2.24) is 15.3 Å². The first-order valence-corrected chi connectivity index (χ1v) is 8.57. The van der Waals surface area contributed by atoms with Gasteiger partial charge in [0.2, 0.25) is 0 Å². The predicted molar refractivity (Wildman–Crippen MR) is 102 cm³/mol. The molecule has 1 amide bonds. The van der Waals surface area contributed by atoms with Crippen molar-refractivity contribution in [3.05, 3.63) is 82.2 Å². The molecule has 126 valence electrons. The van der Waals surface area contributed by atoms with E-state index in [4.69, 9.17) is 0 Å². The van der Waals surface area contributed by atoms with Crippen molar-refractivity contribution in [2.75, 3.05) is 5.32 Å². The van der Waals surface area contributed by atoms with Crippen LogP contribution in [0.25, 0.3) is 0 Å². The van der Waals surface area contributed by atoms with Crippen LogP contribution in [0.5, 0.6) is 0 Å². The van der Waals surface area contributed by atoms with E-state index in [0.29, 0.717) is 17.9 Å². The van der Waals surface area contributed by atoms with Crippen LogP contribution in [0, 0.1) is 6.92 Å². The number of rotatable bonds is 5. The van der Waals surface area contributed by atoms with Gasteiger partial charge in [0.15, 0.2) is 0 Å². The van der Waals surface area contributed by atoms with Crippen molar-refractivity contribution in [3.8, 4) is 0 Å². The monoisotopic (exact) mass is 396 g/mol. The highest BCUT2D eigenvalue weighted by atomic mass is 79.9. The number of amides is 1. The van der Waals surface area contributed by atoms with Crippen molar-refractivity contribution in [2.24, 2.45) is 0 Å². The van der Waals surface area contributed by atoms with Crippen LogP contribution < -0.4 is 10.6 Å². The maximum Gasteiger partial charge on any atom is 0.253 e. The van der Waals surface area contributed by atoms with Gasteiger partial charge in [-0.25, -0.2) is 4.98 Å². The standard InChI is InChI=1S/C19H17BrN4O/c1-13-2-4-16(10-17(13)20)24-18-5-3-15(12-22-18)19(25)23-11-14-6-8-21-9-7-14/h2-10,12H,11H2,1H3,(H,22,24)(H,23,25). The lowest BCUT2D eigenvalue weighted by Crippen LogP contribution is -2.22. The Labute approximate surface area is 154 Å². The van der Waals surface area contributed by atoms with Gasteiger partial charge in [0.25, 0.3) is 5.91 Å². The van der Waals surface area contributed by atoms with E-state index in [9.17, 15) is 4.79 Å². The molecule has 0 fully saturated rings. The molecular formula is C19H17BrN4O. The van der Waals surface area contributed by atoms with Gasteiger partial charge >= 0.3 is 0 Å². The van der Waals surface area contributed by atoms with E-state index in [-0.39, 0.29) is 5.91 Å². The molecule has 0 atom stereocenters. The zero-order chi connectivity index (χ0) is 17.6. The minimum atomic E-state index is -0.158. The number of nitrogens with one attached hydrogen (secondary N) is 2. The van der Waals surface area contributed by atoms with Gasteiger partial charge in [-0.2, -0.15) is 0 Å². The molecule has 2 heterocycles. The number of benzene rings is 1. The van der Waals surface area contributed by atoms with E-state index in [1.807, 2.05) is 37.3 Å². The number of carbonyl (C=O) groups excluding carboxylic acids is 1. The number of pyridine rings is 2. The second-order valence-electron chi connectivity index (χ2n) is 5.56. The summed E-state index contributed by atoms with van der Waals surface area (Å²) in [6, 6.07) is 13.3. The first-order chi connectivity index (χ1) is 12.1. The highest BCUT2D eigenvalue weighted by Gasteiger charge is 2.06. The molecule has 6 heteroatoms. The Morgan fingerprint density at radius 2 is 1.92 bits per heavy atom. The molecule has 25 heavy (non-hydrogen) atoms. The molecule has 1 aromatic carbocycles. The topological polar surface area (TPSA) is 66.9 Å². The van der Waals surface area contributed by atoms with E-state index in [1.165, 1.54) is 5.56 Å². The molecule has 0 spiro atoms. The lowest BCUT2D eigenvalue weighted by Gasteiger charge is -2.09. The van der Waals surface area contributed by atoms with E-state index in [2.05, 4.69) is 36.5 Å². The average molecular weight is 397 g/mol. The maximum absolute atomic E-state index is 12.2. The molecule has 3 rings (SSSR count). The van der Waals surface area contributed by atoms with Crippen LogP contribution in [0.2, 0.25) is 0 Å². The van der Waals surface area contributed by atoms with Gasteiger partial charge in [-0.15, -0.1) is 0 Å². The maximum atomic E-state index is 12.2. The summed E-state index contributed by atoms with van der Waals surface area (Å²) in [5.41, 5.74) is 3.61. The van der Waals surface area contributed by atoms with Gasteiger partial charge < -0.3 is 10.6 Å². The number of aromatic nitrogens is 2. The Morgan fingerprint density at radius 1 is 1.12 bits per heavy atom. The minimum absolute atomic E-state index is 0.158. The molecule has 0 bridgehead atoms. The second-order valence-corrected chi connectivity index (χ2v) is 6.41. The van der Waals surface area contributed by atoms with Crippen molar-refractivity contribution in [3.63, 3.8) is 0 Å². The number of nitrogens with zero attached hydrogens (tertiary/aromatic N) is 2. The number of aryl methyl sites for hydroxylation is 1. The number of halogens is 1. The summed E-state index contributed by atoms with van der Waals surface area (Å²) in [5, 5.41) is 6.08. The van der Waals surface area contributed by atoms with Gasteiger partial charge in [0.05, 0.1) is 5.56 Å². The summed E-state index contributed by atoms with van der Waals surface area (Å²) in [4.78, 5) is 20.4. The van der Waals surface area contributed by atoms with Crippen molar-refractivity contribution >= 4 is 33.3 Å². The Bertz CT molecular complexity index is 866. The molecule has 2 N–H and O–H groups in total. The van der Waals surface area contributed by atoms with Crippen molar-refractivity contribution in [2.45, 2.75) is 13.5 Å². The van der Waals surface area contributed by atoms with Crippen LogP contribution in [0.4, 0.5) is 11.5 Å². The van der Waals surface area contributed by atoms with Crippen molar-refractivity contribution in [1.29, 1.82) is 0 Å². The number of carbonyl (C=O) groups is 1. The first-order valence-electron chi connectivity index (χ1n) is 7.78. The molecule has 0 aliphatic heterocycles. The molecule has 0 saturated heterocycles. The van der Waals surface area contributed by atoms with Crippen molar-refractivity contribution < 1.29 is 4.79 Å². The van der Waals surface area contributed by atoms with E-state index in [1.54, 1.807) is 30.7 Å². The first kappa shape index (κ1) is 17.1. The van der Waals surface area contributed by atoms with Gasteiger partial charge in [0.1, 0.15) is 5.82 Å². The van der Waals surface area contributed by atoms with Gasteiger partial charge in [-0.1, -0.05) is 22.0 Å². The molecule has 2 aromatic heterocycles. The molecule has 0 aliphatic rings. The smallest absolute Gasteiger partial charge is 0.253 e. The lowest BCUT2D eigenvalue weighted by atomic mass is 10.2. The lowest BCUT2D eigenvalue weighted by molar-refractivity contribution is 0.0950. The fraction of sp³-hybridized carbons (Fsp3) is 0.105. The average Bonchev–Trinajstić information content (AvgIpc) is 2.64. The van der Waals surface area contributed by atoms with Crippen LogP contribution >= 0.6 is 15.9 Å². The van der Waals surface area contributed by atoms with Gasteiger partial charge in [0, 0.05) is 35.3 Å². The third kappa shape index (κ3) is 4.64. The Balaban J connectivity index is 1.61. The second kappa shape index (κ2) is 7.90. The molecule has 0 aliphatic carbocycles. The number of hydrogen-bond donors (Lipinski definition) is 2. The Hall–Kier alpha value is -2.73. The normalized spacial score (nSPS) is 10.3. The largest absolute Gasteiger partial charge is 0.348 e. The summed E-state index contributed by atoms with van der Waals surface area (Å²) < 4.78 is 1.03. The third-order valence-electron chi connectivity index (χ3n) is 3.67. The molecule has 0 unspecified atom stereocenters.